The summed E-state index contributed by atoms with van der Waals surface area (Å²) in [5.41, 5.74) is 25.3. The number of para-hydroxylation sites is 6. The Morgan fingerprint density at radius 2 is 0.641 bits per heavy atom. The third-order valence-electron chi connectivity index (χ3n) is 19.7. The summed E-state index contributed by atoms with van der Waals surface area (Å²) in [5, 5.41) is 101. The van der Waals surface area contributed by atoms with Crippen molar-refractivity contribution in [3.8, 4) is 22.3 Å². The second-order valence-corrected chi connectivity index (χ2v) is 27.9. The second-order valence-electron chi connectivity index (χ2n) is 27.9. The Balaban J connectivity index is 0.000000240. The first kappa shape index (κ1) is 103. The lowest BCUT2D eigenvalue weighted by molar-refractivity contribution is -0.385. The van der Waals surface area contributed by atoms with Crippen molar-refractivity contribution in [2.24, 2.45) is 17.2 Å². The Bertz CT molecular complexity index is 5420. The molecule has 41 nitrogen and oxygen atoms in total. The van der Waals surface area contributed by atoms with E-state index in [1.54, 1.807) is 36.4 Å². The maximum absolute atomic E-state index is 12.6. The van der Waals surface area contributed by atoms with Crippen molar-refractivity contribution in [1.29, 1.82) is 0 Å². The number of carboxylic acid groups (broad SMARTS) is 4. The molecular weight excluding hydrogens is 1720 g/mol. The molecule has 131 heavy (non-hydrogen) atoms. The molecule has 4 unspecified atom stereocenters. The van der Waals surface area contributed by atoms with E-state index in [1.165, 1.54) is 129 Å². The summed E-state index contributed by atoms with van der Waals surface area (Å²) in [7, 11) is 0. The Kier molecular flexibility index (Phi) is 40.7. The predicted octanol–water partition coefficient (Wildman–Crippen LogP) is 15.0. The smallest absolute Gasteiger partial charge is 0.481 e. The van der Waals surface area contributed by atoms with Gasteiger partial charge in [0.2, 0.25) is 0 Å². The van der Waals surface area contributed by atoms with Gasteiger partial charge in [0.1, 0.15) is 13.2 Å². The van der Waals surface area contributed by atoms with Crippen LogP contribution in [0.15, 0.2) is 243 Å². The number of benzene rings is 10. The number of ether oxygens (including phenoxy) is 2. The first-order chi connectivity index (χ1) is 62.5. The van der Waals surface area contributed by atoms with Crippen molar-refractivity contribution in [2.45, 2.75) is 95.3 Å². The van der Waals surface area contributed by atoms with Crippen LogP contribution in [-0.4, -0.2) is 153 Å². The van der Waals surface area contributed by atoms with Crippen molar-refractivity contribution in [1.82, 2.24) is 15.3 Å². The van der Waals surface area contributed by atoms with Gasteiger partial charge in [-0.15, -0.1) is 0 Å². The number of nitrogens with one attached hydrogen (secondary N) is 1. The molecule has 1 fully saturated rings. The molecule has 3 aliphatic rings. The summed E-state index contributed by atoms with van der Waals surface area (Å²) in [5.74, 6) is -5.77. The van der Waals surface area contributed by atoms with Crippen LogP contribution in [0.5, 0.6) is 0 Å². The Morgan fingerprint density at radius 1 is 0.389 bits per heavy atom. The fourth-order valence-electron chi connectivity index (χ4n) is 13.5. The minimum atomic E-state index is -1.20. The number of alkyl carbamates (subject to hydrolysis) is 1. The van der Waals surface area contributed by atoms with Crippen LogP contribution in [0.3, 0.4) is 0 Å². The number of nitro benzene ring substituents is 6. The number of nitrogens with two attached hydrogens (primary N) is 3. The van der Waals surface area contributed by atoms with Crippen molar-refractivity contribution < 1.29 is 112 Å². The zero-order chi connectivity index (χ0) is 96.6. The molecule has 41 heteroatoms. The number of hydrogen-bond acceptors (Lipinski definition) is 29. The minimum Gasteiger partial charge on any atom is -0.481 e. The number of nitrogens with zero attached hydrogens (tertiary/aromatic N) is 8. The van der Waals surface area contributed by atoms with Gasteiger partial charge in [-0.25, -0.2) is 9.59 Å². The summed E-state index contributed by atoms with van der Waals surface area (Å²) < 4.78 is 10.7. The highest BCUT2D eigenvalue weighted by molar-refractivity contribution is 6.01. The molecule has 684 valence electrons. The van der Waals surface area contributed by atoms with Crippen LogP contribution >= 0.6 is 0 Å². The number of fused-ring (bicyclic) bond motifs is 6. The van der Waals surface area contributed by atoms with Crippen molar-refractivity contribution in [3.63, 3.8) is 0 Å². The molecule has 0 aromatic heterocycles. The van der Waals surface area contributed by atoms with Gasteiger partial charge in [-0.2, -0.15) is 0 Å². The van der Waals surface area contributed by atoms with E-state index in [0.717, 1.165) is 44.5 Å². The van der Waals surface area contributed by atoms with Crippen LogP contribution in [0.1, 0.15) is 161 Å². The number of aliphatic carboxylic acids is 4. The average molecular weight is 1810 g/mol. The van der Waals surface area contributed by atoms with Gasteiger partial charge in [0.15, 0.2) is 12.6 Å². The standard InChI is InChI=1S/C24H20N2O6.C19H15NO5.3C9H10N2O4.2C7H5NO3.C6H15N/c27-23(28)13-21(19-11-5-6-12-22(19)26(30)31)25-24(29)32-14-20-17-9-3-1-7-15(17)16-8-2-4-10-18(16)20;21-17-9-10-18(22)20(17)25-19(23)24-11-16-14-7-3-1-5-12(14)13-6-2-4-8-15(13)16;3*10-7(5-9(12)13)6-3-1-2-4-8(6)11(14)15;2*9-5-6-3-1-2-4-7(6)8(10)11;1-4-7(5-2)6-3/h1-12,20-21H,13-14H2,(H,25,29)(H,27,28);1-8,16H,9-11H2;3*1-4,7H,5,10H2,(H,12,13);2*1-5H;4-6H2,1-3H3/i25+1;;3*10+1;;;. The maximum atomic E-state index is 12.6. The number of hydrogen-bond donors (Lipinski definition) is 8. The highest BCUT2D eigenvalue weighted by Crippen LogP contribution is 2.46. The molecule has 13 rings (SSSR count). The molecule has 1 aliphatic heterocycles. The molecule has 11 N–H and O–H groups in total. The van der Waals surface area contributed by atoms with Gasteiger partial charge >= 0.3 is 36.1 Å². The molecule has 0 radical (unpaired) electrons. The SMILES string of the molecule is CCN(CC)CC.O=C(O)CC([15NH]C(=O)OCC1c2ccccc2-c2ccccc21)c1ccccc1[N+](=O)[O-].O=C(OCC1c2ccccc2-c2ccccc21)ON1C(=O)CCC1=O.O=Cc1ccccc1[N+](=O)[O-].O=Cc1ccccc1[N+](=O)[O-].[15NH2]C(CC(=O)O)c1ccccc1[N+](=O)[O-].[15NH2]C(CC(=O)O)c1ccccc1[N+](=O)[O-].[15NH2]C(CC(=O)O)c1ccccc1[N+](=O)[O-]. The highest BCUT2D eigenvalue weighted by atomic mass is 16.8. The van der Waals surface area contributed by atoms with E-state index in [-0.39, 0.29) is 125 Å². The molecule has 2 aliphatic carbocycles. The Morgan fingerprint density at radius 3 is 0.908 bits per heavy atom. The molecule has 0 saturated carbocycles. The van der Waals surface area contributed by atoms with E-state index in [2.05, 4.69) is 31.0 Å². The first-order valence-corrected chi connectivity index (χ1v) is 39.7. The number of aldehydes is 2. The number of hydroxylamine groups is 2. The number of rotatable bonds is 29. The summed E-state index contributed by atoms with van der Waals surface area (Å²) in [6.45, 7) is 10.2. The lowest BCUT2D eigenvalue weighted by atomic mass is 9.98. The number of carboxylic acids is 4. The minimum absolute atomic E-state index is 0.0511. The molecule has 4 atom stereocenters. The van der Waals surface area contributed by atoms with Gasteiger partial charge in [0, 0.05) is 95.9 Å². The zero-order valence-corrected chi connectivity index (χ0v) is 70.3. The lowest BCUT2D eigenvalue weighted by Crippen LogP contribution is -2.32. The van der Waals surface area contributed by atoms with Crippen molar-refractivity contribution in [2.75, 3.05) is 32.8 Å². The number of amides is 3. The molecule has 3 amide bonds. The van der Waals surface area contributed by atoms with E-state index in [4.69, 9.17) is 46.8 Å². The third-order valence-corrected chi connectivity index (χ3v) is 19.7. The average Bonchev–Trinajstić information content (AvgIpc) is 1.62. The molecular formula is C90H90N12O29. The quantitative estimate of drug-likeness (QED) is 0.00539. The Hall–Kier alpha value is -16.7. The van der Waals surface area contributed by atoms with Crippen molar-refractivity contribution >= 4 is 94.6 Å². The van der Waals surface area contributed by atoms with Crippen molar-refractivity contribution in [3.05, 3.63) is 359 Å². The van der Waals surface area contributed by atoms with Crippen LogP contribution in [0.4, 0.5) is 43.7 Å². The van der Waals surface area contributed by atoms with Gasteiger partial charge in [-0.3, -0.25) is 104 Å². The lowest BCUT2D eigenvalue weighted by Gasteiger charge is -2.19. The van der Waals surface area contributed by atoms with E-state index >= 15 is 0 Å². The monoisotopic (exact) mass is 1810 g/mol. The molecule has 1 heterocycles. The van der Waals surface area contributed by atoms with E-state index in [9.17, 15) is 114 Å². The molecule has 1 saturated heterocycles. The van der Waals surface area contributed by atoms with E-state index in [0.29, 0.717) is 17.6 Å². The second kappa shape index (κ2) is 51.7. The van der Waals surface area contributed by atoms with E-state index < -0.39 is 108 Å². The largest absolute Gasteiger partial charge is 0.533 e. The fraction of sp³-hybridized carbons (Fsp3) is 0.222. The van der Waals surface area contributed by atoms with Gasteiger partial charge in [-0.05, 0) is 76.3 Å². The van der Waals surface area contributed by atoms with Crippen LogP contribution < -0.4 is 22.5 Å². The summed E-state index contributed by atoms with van der Waals surface area (Å²) in [6, 6.07) is 62.9. The van der Waals surface area contributed by atoms with E-state index in [1.807, 2.05) is 97.1 Å². The number of carbonyl (C=O) groups is 10. The number of carbonyl (C=O) groups excluding carboxylic acids is 6. The Labute approximate surface area is 745 Å². The number of nitro groups is 6. The topological polar surface area (TPSA) is 635 Å². The van der Waals surface area contributed by atoms with Gasteiger partial charge < -0.3 is 57.3 Å². The van der Waals surface area contributed by atoms with Crippen LogP contribution in [0.25, 0.3) is 22.3 Å². The van der Waals surface area contributed by atoms with Crippen LogP contribution in [-0.2, 0) is 43.1 Å². The molecule has 0 bridgehead atoms. The summed E-state index contributed by atoms with van der Waals surface area (Å²) >= 11 is 0. The summed E-state index contributed by atoms with van der Waals surface area (Å²) in [4.78, 5) is 178. The number of imide groups is 1. The fourth-order valence-corrected chi connectivity index (χ4v) is 13.5. The van der Waals surface area contributed by atoms with Crippen LogP contribution in [0.2, 0.25) is 0 Å². The first-order valence-electron chi connectivity index (χ1n) is 39.7. The van der Waals surface area contributed by atoms with Gasteiger partial charge in [0.05, 0.1) is 78.0 Å². The maximum Gasteiger partial charge on any atom is 0.533 e. The zero-order valence-electron chi connectivity index (χ0n) is 70.3. The molecule has 10 aromatic rings. The molecule has 0 spiro atoms. The third kappa shape index (κ3) is 30.6. The summed E-state index contributed by atoms with van der Waals surface area (Å²) in [6.07, 6.45) is -2.35. The van der Waals surface area contributed by atoms with Gasteiger partial charge in [-0.1, -0.05) is 220 Å². The normalized spacial score (nSPS) is 12.4. The van der Waals surface area contributed by atoms with Crippen LogP contribution in [0, 0.1) is 60.7 Å². The predicted molar refractivity (Wildman–Crippen MR) is 471 cm³/mol. The highest BCUT2D eigenvalue weighted by Gasteiger charge is 2.36. The van der Waals surface area contributed by atoms with Gasteiger partial charge in [0.25, 0.3) is 45.9 Å². The molecule has 10 aromatic carbocycles.